The minimum atomic E-state index is -3.25. The molecule has 7 heteroatoms. The van der Waals surface area contributed by atoms with E-state index in [-0.39, 0.29) is 5.88 Å². The molecule has 5 nitrogen and oxygen atoms in total. The molecule has 0 fully saturated rings. The highest BCUT2D eigenvalue weighted by Crippen LogP contribution is 2.28. The predicted molar refractivity (Wildman–Crippen MR) is 63.1 cm³/mol. The topological polar surface area (TPSA) is 64.8 Å². The molecular formula is C9H16ClN3O2S. The van der Waals surface area contributed by atoms with Crippen LogP contribution in [0.15, 0.2) is 0 Å². The molecule has 0 aliphatic heterocycles. The van der Waals surface area contributed by atoms with Crippen LogP contribution in [0.1, 0.15) is 32.4 Å². The fourth-order valence-corrected chi connectivity index (χ4v) is 2.06. The van der Waals surface area contributed by atoms with Gasteiger partial charge in [0.1, 0.15) is 10.6 Å². The highest BCUT2D eigenvalue weighted by atomic mass is 35.5. The summed E-state index contributed by atoms with van der Waals surface area (Å²) >= 11 is 5.72. The van der Waals surface area contributed by atoms with Gasteiger partial charge >= 0.3 is 0 Å². The number of hydrogen-bond acceptors (Lipinski definition) is 4. The van der Waals surface area contributed by atoms with E-state index in [4.69, 9.17) is 11.6 Å². The Bertz CT molecular complexity index is 479. The van der Waals surface area contributed by atoms with E-state index in [9.17, 15) is 8.42 Å². The summed E-state index contributed by atoms with van der Waals surface area (Å²) < 4.78 is 24.1. The largest absolute Gasteiger partial charge is 0.313 e. The van der Waals surface area contributed by atoms with Crippen LogP contribution in [0.3, 0.4) is 0 Å². The molecule has 16 heavy (non-hydrogen) atoms. The molecule has 0 unspecified atom stereocenters. The van der Waals surface area contributed by atoms with Gasteiger partial charge < -0.3 is 4.57 Å². The Morgan fingerprint density at radius 2 is 1.94 bits per heavy atom. The second-order valence-electron chi connectivity index (χ2n) is 4.10. The molecule has 92 valence electrons. The van der Waals surface area contributed by atoms with Crippen molar-refractivity contribution >= 4 is 21.4 Å². The van der Waals surface area contributed by atoms with Crippen molar-refractivity contribution in [2.24, 2.45) is 0 Å². The molecule has 0 saturated carbocycles. The summed E-state index contributed by atoms with van der Waals surface area (Å²) in [6, 6.07) is 0. The Morgan fingerprint density at radius 3 is 2.31 bits per heavy atom. The first-order valence-electron chi connectivity index (χ1n) is 4.93. The van der Waals surface area contributed by atoms with Crippen LogP contribution in [0, 0.1) is 0 Å². The molecule has 0 aliphatic rings. The van der Waals surface area contributed by atoms with Crippen LogP contribution in [0.2, 0.25) is 0 Å². The molecule has 1 aromatic heterocycles. The van der Waals surface area contributed by atoms with E-state index < -0.39 is 14.6 Å². The lowest BCUT2D eigenvalue weighted by atomic mass is 10.2. The first-order valence-corrected chi connectivity index (χ1v) is 7.36. The van der Waals surface area contributed by atoms with Crippen LogP contribution in [0.4, 0.5) is 0 Å². The summed E-state index contributed by atoms with van der Waals surface area (Å²) in [6.07, 6.45) is 1.20. The van der Waals surface area contributed by atoms with Crippen LogP contribution in [-0.4, -0.2) is 29.4 Å². The van der Waals surface area contributed by atoms with Crippen molar-refractivity contribution in [1.29, 1.82) is 0 Å². The molecule has 1 rings (SSSR count). The van der Waals surface area contributed by atoms with Gasteiger partial charge in [0.15, 0.2) is 15.7 Å². The molecule has 0 radical (unpaired) electrons. The third kappa shape index (κ3) is 2.08. The summed E-state index contributed by atoms with van der Waals surface area (Å²) in [6.45, 7) is 5.75. The predicted octanol–water partition coefficient (Wildman–Crippen LogP) is 1.32. The molecular weight excluding hydrogens is 250 g/mol. The number of nitrogens with zero attached hydrogens (tertiary/aromatic N) is 3. The highest BCUT2D eigenvalue weighted by molar-refractivity contribution is 7.91. The van der Waals surface area contributed by atoms with E-state index in [1.54, 1.807) is 18.4 Å². The smallest absolute Gasteiger partial charge is 0.159 e. The van der Waals surface area contributed by atoms with Gasteiger partial charge in [-0.05, 0) is 20.8 Å². The maximum Gasteiger partial charge on any atom is 0.159 e. The zero-order valence-electron chi connectivity index (χ0n) is 9.86. The van der Waals surface area contributed by atoms with Gasteiger partial charge in [-0.25, -0.2) is 8.42 Å². The molecule has 1 heterocycles. The van der Waals surface area contributed by atoms with Crippen molar-refractivity contribution in [1.82, 2.24) is 14.8 Å². The lowest BCUT2D eigenvalue weighted by Crippen LogP contribution is -2.32. The number of sulfone groups is 1. The zero-order chi connectivity index (χ0) is 12.6. The minimum absolute atomic E-state index is 0.223. The number of alkyl halides is 1. The molecule has 1 aromatic rings. The molecule has 0 aliphatic carbocycles. The van der Waals surface area contributed by atoms with Crippen molar-refractivity contribution in [3.63, 3.8) is 0 Å². The van der Waals surface area contributed by atoms with Crippen LogP contribution in [0.5, 0.6) is 0 Å². The molecule has 0 bridgehead atoms. The summed E-state index contributed by atoms with van der Waals surface area (Å²) in [5.74, 6) is 1.25. The number of aromatic nitrogens is 3. The standard InChI is InChI=1S/C9H16ClN3O2S/c1-5-13-7(6-10)11-12-8(13)9(2,3)16(4,14)15/h5-6H2,1-4H3. The van der Waals surface area contributed by atoms with Crippen LogP contribution in [-0.2, 0) is 27.0 Å². The molecule has 0 saturated heterocycles. The van der Waals surface area contributed by atoms with Gasteiger partial charge in [-0.1, -0.05) is 0 Å². The molecule has 0 aromatic carbocycles. The SMILES string of the molecule is CCn1c(CCl)nnc1C(C)(C)S(C)(=O)=O. The van der Waals surface area contributed by atoms with Crippen LogP contribution < -0.4 is 0 Å². The monoisotopic (exact) mass is 265 g/mol. The van der Waals surface area contributed by atoms with Gasteiger partial charge in [0, 0.05) is 12.8 Å². The second-order valence-corrected chi connectivity index (χ2v) is 6.93. The first kappa shape index (κ1) is 13.4. The molecule has 0 spiro atoms. The van der Waals surface area contributed by atoms with Crippen molar-refractivity contribution in [3.8, 4) is 0 Å². The summed E-state index contributed by atoms with van der Waals surface area (Å²) in [5, 5.41) is 7.85. The van der Waals surface area contributed by atoms with E-state index in [1.165, 1.54) is 6.26 Å². The van der Waals surface area contributed by atoms with Gasteiger partial charge in [-0.15, -0.1) is 21.8 Å². The van der Waals surface area contributed by atoms with Gasteiger partial charge in [0.05, 0.1) is 5.88 Å². The van der Waals surface area contributed by atoms with E-state index in [0.717, 1.165) is 0 Å². The lowest BCUT2D eigenvalue weighted by Gasteiger charge is -2.22. The zero-order valence-corrected chi connectivity index (χ0v) is 11.4. The summed E-state index contributed by atoms with van der Waals surface area (Å²) in [7, 11) is -3.25. The normalized spacial score (nSPS) is 13.1. The van der Waals surface area contributed by atoms with Crippen molar-refractivity contribution < 1.29 is 8.42 Å². The third-order valence-electron chi connectivity index (χ3n) is 2.73. The average molecular weight is 266 g/mol. The van der Waals surface area contributed by atoms with Crippen LogP contribution >= 0.6 is 11.6 Å². The number of rotatable bonds is 4. The Morgan fingerprint density at radius 1 is 1.38 bits per heavy atom. The Balaban J connectivity index is 3.39. The van der Waals surface area contributed by atoms with E-state index >= 15 is 0 Å². The maximum absolute atomic E-state index is 11.7. The maximum atomic E-state index is 11.7. The fraction of sp³-hybridized carbons (Fsp3) is 0.778. The third-order valence-corrected chi connectivity index (χ3v) is 5.00. The highest BCUT2D eigenvalue weighted by Gasteiger charge is 2.37. The molecule has 0 N–H and O–H groups in total. The molecule has 0 amide bonds. The van der Waals surface area contributed by atoms with E-state index in [0.29, 0.717) is 18.2 Å². The quantitative estimate of drug-likeness (QED) is 0.770. The van der Waals surface area contributed by atoms with Gasteiger partial charge in [0.25, 0.3) is 0 Å². The lowest BCUT2D eigenvalue weighted by molar-refractivity contribution is 0.530. The summed E-state index contributed by atoms with van der Waals surface area (Å²) in [5.41, 5.74) is 0. The Labute approximate surface area is 101 Å². The van der Waals surface area contributed by atoms with Crippen molar-refractivity contribution in [2.75, 3.05) is 6.26 Å². The van der Waals surface area contributed by atoms with Crippen LogP contribution in [0.25, 0.3) is 0 Å². The Hall–Kier alpha value is -0.620. The number of halogens is 1. The average Bonchev–Trinajstić information content (AvgIpc) is 2.58. The number of hydrogen-bond donors (Lipinski definition) is 0. The van der Waals surface area contributed by atoms with Gasteiger partial charge in [-0.3, -0.25) is 0 Å². The van der Waals surface area contributed by atoms with E-state index in [2.05, 4.69) is 10.2 Å². The second kappa shape index (κ2) is 4.33. The summed E-state index contributed by atoms with van der Waals surface area (Å²) in [4.78, 5) is 0. The van der Waals surface area contributed by atoms with Gasteiger partial charge in [-0.2, -0.15) is 0 Å². The fourth-order valence-electron chi connectivity index (χ4n) is 1.38. The van der Waals surface area contributed by atoms with Gasteiger partial charge in [0.2, 0.25) is 0 Å². The minimum Gasteiger partial charge on any atom is -0.313 e. The van der Waals surface area contributed by atoms with Crippen molar-refractivity contribution in [3.05, 3.63) is 11.6 Å². The Kier molecular flexibility index (Phi) is 3.64. The molecule has 0 atom stereocenters. The van der Waals surface area contributed by atoms with E-state index in [1.807, 2.05) is 6.92 Å². The first-order chi connectivity index (χ1) is 7.25. The van der Waals surface area contributed by atoms with Crippen molar-refractivity contribution in [2.45, 2.75) is 37.9 Å².